The van der Waals surface area contributed by atoms with Gasteiger partial charge in [-0.1, -0.05) is 18.2 Å². The van der Waals surface area contributed by atoms with E-state index in [4.69, 9.17) is 14.2 Å². The van der Waals surface area contributed by atoms with Crippen molar-refractivity contribution < 1.29 is 19.0 Å². The molecule has 0 aromatic heterocycles. The minimum Gasteiger partial charge on any atom is -0.496 e. The Morgan fingerprint density at radius 1 is 1.24 bits per heavy atom. The summed E-state index contributed by atoms with van der Waals surface area (Å²) in [5.74, 6) is 1.15. The third kappa shape index (κ3) is 4.53. The molecule has 0 unspecified atom stereocenters. The SMILES string of the molecule is COc1ccccc1COC1CCN(C(=O)[C@@H]2CCCO[C@H]2C)CC1. The van der Waals surface area contributed by atoms with Crippen LogP contribution in [0.25, 0.3) is 0 Å². The number of carbonyl (C=O) groups excluding carboxylic acids is 1. The average Bonchev–Trinajstić information content (AvgIpc) is 2.67. The highest BCUT2D eigenvalue weighted by atomic mass is 16.5. The number of likely N-dealkylation sites (tertiary alicyclic amines) is 1. The lowest BCUT2D eigenvalue weighted by Crippen LogP contribution is -2.47. The van der Waals surface area contributed by atoms with Crippen molar-refractivity contribution in [2.24, 2.45) is 5.92 Å². The van der Waals surface area contributed by atoms with E-state index in [1.807, 2.05) is 36.1 Å². The fourth-order valence-corrected chi connectivity index (χ4v) is 3.75. The first-order valence-corrected chi connectivity index (χ1v) is 9.33. The summed E-state index contributed by atoms with van der Waals surface area (Å²) >= 11 is 0. The number of para-hydroxylation sites is 1. The fourth-order valence-electron chi connectivity index (χ4n) is 3.75. The first-order valence-electron chi connectivity index (χ1n) is 9.33. The normalized spacial score (nSPS) is 25.0. The lowest BCUT2D eigenvalue weighted by atomic mass is 9.93. The summed E-state index contributed by atoms with van der Waals surface area (Å²) in [7, 11) is 1.68. The van der Waals surface area contributed by atoms with Gasteiger partial charge in [-0.2, -0.15) is 0 Å². The highest BCUT2D eigenvalue weighted by Crippen LogP contribution is 2.26. The Labute approximate surface area is 150 Å². The van der Waals surface area contributed by atoms with E-state index >= 15 is 0 Å². The predicted molar refractivity (Wildman–Crippen MR) is 95.5 cm³/mol. The van der Waals surface area contributed by atoms with Crippen molar-refractivity contribution in [1.82, 2.24) is 4.90 Å². The van der Waals surface area contributed by atoms with E-state index in [-0.39, 0.29) is 24.0 Å². The summed E-state index contributed by atoms with van der Waals surface area (Å²) in [5.41, 5.74) is 1.07. The molecule has 0 radical (unpaired) electrons. The Balaban J connectivity index is 1.46. The molecule has 2 aliphatic heterocycles. The van der Waals surface area contributed by atoms with Gasteiger partial charge in [-0.05, 0) is 38.7 Å². The molecule has 0 saturated carbocycles. The van der Waals surface area contributed by atoms with Crippen molar-refractivity contribution in [2.45, 2.75) is 51.4 Å². The van der Waals surface area contributed by atoms with Crippen LogP contribution < -0.4 is 4.74 Å². The summed E-state index contributed by atoms with van der Waals surface area (Å²) in [6, 6.07) is 7.94. The number of amides is 1. The molecule has 3 rings (SSSR count). The minimum atomic E-state index is 0.0276. The second kappa shape index (κ2) is 8.68. The van der Waals surface area contributed by atoms with Gasteiger partial charge in [0.25, 0.3) is 0 Å². The maximum Gasteiger partial charge on any atom is 0.228 e. The average molecular weight is 347 g/mol. The van der Waals surface area contributed by atoms with E-state index in [2.05, 4.69) is 0 Å². The van der Waals surface area contributed by atoms with Crippen LogP contribution in [0.1, 0.15) is 38.2 Å². The van der Waals surface area contributed by atoms with Gasteiger partial charge < -0.3 is 19.1 Å². The van der Waals surface area contributed by atoms with Gasteiger partial charge in [0.2, 0.25) is 5.91 Å². The smallest absolute Gasteiger partial charge is 0.228 e. The van der Waals surface area contributed by atoms with Crippen molar-refractivity contribution in [3.05, 3.63) is 29.8 Å². The van der Waals surface area contributed by atoms with Crippen LogP contribution in [0.2, 0.25) is 0 Å². The molecule has 1 aromatic rings. The third-order valence-electron chi connectivity index (χ3n) is 5.34. The molecule has 0 spiro atoms. The van der Waals surface area contributed by atoms with Crippen LogP contribution in [-0.2, 0) is 20.9 Å². The van der Waals surface area contributed by atoms with Crippen molar-refractivity contribution in [2.75, 3.05) is 26.8 Å². The molecular weight excluding hydrogens is 318 g/mol. The number of benzene rings is 1. The lowest BCUT2D eigenvalue weighted by Gasteiger charge is -2.37. The number of rotatable bonds is 5. The molecule has 0 N–H and O–H groups in total. The van der Waals surface area contributed by atoms with E-state index in [9.17, 15) is 4.79 Å². The Morgan fingerprint density at radius 2 is 2.00 bits per heavy atom. The molecule has 2 saturated heterocycles. The van der Waals surface area contributed by atoms with Crippen molar-refractivity contribution in [3.8, 4) is 5.75 Å². The molecule has 1 amide bonds. The zero-order valence-corrected chi connectivity index (χ0v) is 15.3. The Hall–Kier alpha value is -1.59. The number of piperidine rings is 1. The standard InChI is InChI=1S/C20H29NO4/c1-15-18(7-5-13-24-15)20(22)21-11-9-17(10-12-21)25-14-16-6-3-4-8-19(16)23-2/h3-4,6,8,15,17-18H,5,7,9-14H2,1-2H3/t15-,18+/m0/s1. The summed E-state index contributed by atoms with van der Waals surface area (Å²) in [6.07, 6.45) is 3.96. The Morgan fingerprint density at radius 3 is 2.72 bits per heavy atom. The summed E-state index contributed by atoms with van der Waals surface area (Å²) in [4.78, 5) is 14.7. The van der Waals surface area contributed by atoms with Crippen molar-refractivity contribution >= 4 is 5.91 Å². The highest BCUT2D eigenvalue weighted by molar-refractivity contribution is 5.79. The number of hydrogen-bond acceptors (Lipinski definition) is 4. The molecule has 25 heavy (non-hydrogen) atoms. The topological polar surface area (TPSA) is 48.0 Å². The van der Waals surface area contributed by atoms with Gasteiger partial charge in [-0.3, -0.25) is 4.79 Å². The largest absolute Gasteiger partial charge is 0.496 e. The molecule has 2 atom stereocenters. The van der Waals surface area contributed by atoms with Crippen LogP contribution in [0, 0.1) is 5.92 Å². The molecule has 2 fully saturated rings. The van der Waals surface area contributed by atoms with E-state index in [0.29, 0.717) is 6.61 Å². The molecule has 138 valence electrons. The lowest BCUT2D eigenvalue weighted by molar-refractivity contribution is -0.146. The monoisotopic (exact) mass is 347 g/mol. The first kappa shape index (κ1) is 18.2. The third-order valence-corrected chi connectivity index (χ3v) is 5.34. The molecular formula is C20H29NO4. The van der Waals surface area contributed by atoms with Gasteiger partial charge in [-0.15, -0.1) is 0 Å². The van der Waals surface area contributed by atoms with E-state index in [1.54, 1.807) is 7.11 Å². The quantitative estimate of drug-likeness (QED) is 0.821. The van der Waals surface area contributed by atoms with E-state index in [1.165, 1.54) is 0 Å². The minimum absolute atomic E-state index is 0.0276. The Kier molecular flexibility index (Phi) is 6.32. The second-order valence-electron chi connectivity index (χ2n) is 6.97. The zero-order valence-electron chi connectivity index (χ0n) is 15.3. The number of ether oxygens (including phenoxy) is 3. The molecule has 2 aliphatic rings. The summed E-state index contributed by atoms with van der Waals surface area (Å²) < 4.78 is 17.1. The van der Waals surface area contributed by atoms with Gasteiger partial charge in [0.15, 0.2) is 0 Å². The van der Waals surface area contributed by atoms with Crippen LogP contribution in [0.3, 0.4) is 0 Å². The first-order chi connectivity index (χ1) is 12.2. The van der Waals surface area contributed by atoms with Crippen molar-refractivity contribution in [3.63, 3.8) is 0 Å². The molecule has 2 heterocycles. The van der Waals surface area contributed by atoms with Crippen LogP contribution in [0.15, 0.2) is 24.3 Å². The predicted octanol–water partition coefficient (Wildman–Crippen LogP) is 3.02. The molecule has 5 heteroatoms. The van der Waals surface area contributed by atoms with Gasteiger partial charge in [0.1, 0.15) is 5.75 Å². The summed E-state index contributed by atoms with van der Waals surface area (Å²) in [6.45, 7) is 4.90. The number of methoxy groups -OCH3 is 1. The zero-order chi connectivity index (χ0) is 17.6. The molecule has 5 nitrogen and oxygen atoms in total. The van der Waals surface area contributed by atoms with Crippen LogP contribution >= 0.6 is 0 Å². The van der Waals surface area contributed by atoms with Gasteiger partial charge in [-0.25, -0.2) is 0 Å². The maximum absolute atomic E-state index is 12.7. The maximum atomic E-state index is 12.7. The Bertz CT molecular complexity index is 569. The van der Waals surface area contributed by atoms with Crippen LogP contribution in [0.4, 0.5) is 0 Å². The van der Waals surface area contributed by atoms with Crippen molar-refractivity contribution in [1.29, 1.82) is 0 Å². The highest BCUT2D eigenvalue weighted by Gasteiger charge is 2.33. The van der Waals surface area contributed by atoms with E-state index < -0.39 is 0 Å². The molecule has 1 aromatic carbocycles. The second-order valence-corrected chi connectivity index (χ2v) is 6.97. The van der Waals surface area contributed by atoms with E-state index in [0.717, 1.165) is 56.7 Å². The molecule has 0 aliphatic carbocycles. The van der Waals surface area contributed by atoms with Gasteiger partial charge in [0.05, 0.1) is 31.8 Å². The van der Waals surface area contributed by atoms with Crippen LogP contribution in [0.5, 0.6) is 5.75 Å². The van der Waals surface area contributed by atoms with Gasteiger partial charge in [0, 0.05) is 25.3 Å². The molecule has 0 bridgehead atoms. The van der Waals surface area contributed by atoms with Crippen LogP contribution in [-0.4, -0.2) is 49.8 Å². The number of hydrogen-bond donors (Lipinski definition) is 0. The number of nitrogens with zero attached hydrogens (tertiary/aromatic N) is 1. The fraction of sp³-hybridized carbons (Fsp3) is 0.650. The van der Waals surface area contributed by atoms with Gasteiger partial charge >= 0.3 is 0 Å². The number of carbonyl (C=O) groups is 1. The summed E-state index contributed by atoms with van der Waals surface area (Å²) in [5, 5.41) is 0.